The van der Waals surface area contributed by atoms with Crippen LogP contribution in [0.4, 0.5) is 0 Å². The van der Waals surface area contributed by atoms with E-state index in [0.717, 1.165) is 5.56 Å². The summed E-state index contributed by atoms with van der Waals surface area (Å²) in [5, 5.41) is 13.2. The van der Waals surface area contributed by atoms with Gasteiger partial charge in [-0.25, -0.2) is 0 Å². The second-order valence-electron chi connectivity index (χ2n) is 8.12. The van der Waals surface area contributed by atoms with E-state index in [4.69, 9.17) is 0 Å². The number of quaternary nitrogens is 1. The van der Waals surface area contributed by atoms with Gasteiger partial charge in [0.05, 0.1) is 33.2 Å². The summed E-state index contributed by atoms with van der Waals surface area (Å²) in [6.07, 6.45) is 0. The largest absolute Gasteiger partial charge is 0.872 e. The normalized spacial score (nSPS) is 18.8. The van der Waals surface area contributed by atoms with Gasteiger partial charge in [-0.05, 0) is 22.6 Å². The molecule has 1 saturated heterocycles. The number of rotatable bonds is 6. The highest BCUT2D eigenvalue weighted by atomic mass is 16.3. The van der Waals surface area contributed by atoms with Crippen molar-refractivity contribution in [1.29, 1.82) is 0 Å². The van der Waals surface area contributed by atoms with Crippen LogP contribution in [-0.2, 0) is 9.59 Å². The predicted molar refractivity (Wildman–Crippen MR) is 111 cm³/mol. The first-order chi connectivity index (χ1) is 13.8. The van der Waals surface area contributed by atoms with Crippen LogP contribution in [0.3, 0.4) is 0 Å². The Labute approximate surface area is 172 Å². The van der Waals surface area contributed by atoms with E-state index in [2.05, 4.69) is 13.8 Å². The van der Waals surface area contributed by atoms with Crippen molar-refractivity contribution >= 4 is 17.4 Å². The maximum absolute atomic E-state index is 13.2. The topological polar surface area (TPSA) is 64.9 Å². The van der Waals surface area contributed by atoms with E-state index in [1.807, 2.05) is 44.4 Å². The zero-order valence-corrected chi connectivity index (χ0v) is 17.4. The van der Waals surface area contributed by atoms with Gasteiger partial charge in [-0.1, -0.05) is 74.2 Å². The standard InChI is InChI=1S/C24H28N2O3/c1-16(2)17-10-12-18(13-11-17)21-20(22(27)19-8-6-5-7-9-19)23(28)24(29)26(21)15-14-25(3)4/h5-13,16,21,27H,14-15H2,1-4H3/b22-20+. The minimum Gasteiger partial charge on any atom is -0.872 e. The van der Waals surface area contributed by atoms with Crippen LogP contribution in [0.5, 0.6) is 0 Å². The minimum absolute atomic E-state index is 0.0484. The second-order valence-corrected chi connectivity index (χ2v) is 8.12. The molecule has 1 atom stereocenters. The van der Waals surface area contributed by atoms with E-state index in [0.29, 0.717) is 24.6 Å². The van der Waals surface area contributed by atoms with Gasteiger partial charge in [0.15, 0.2) is 0 Å². The van der Waals surface area contributed by atoms with Gasteiger partial charge in [0.1, 0.15) is 0 Å². The molecule has 5 nitrogen and oxygen atoms in total. The molecule has 2 aromatic carbocycles. The van der Waals surface area contributed by atoms with Crippen LogP contribution in [0.25, 0.3) is 5.76 Å². The van der Waals surface area contributed by atoms with Crippen LogP contribution in [0.1, 0.15) is 42.5 Å². The van der Waals surface area contributed by atoms with Crippen molar-refractivity contribution in [2.24, 2.45) is 0 Å². The highest BCUT2D eigenvalue weighted by Gasteiger charge is 2.44. The van der Waals surface area contributed by atoms with Gasteiger partial charge >= 0.3 is 0 Å². The Balaban J connectivity index is 2.11. The molecule has 0 bridgehead atoms. The summed E-state index contributed by atoms with van der Waals surface area (Å²) in [5.74, 6) is -1.28. The number of benzene rings is 2. The molecule has 0 saturated carbocycles. The lowest BCUT2D eigenvalue weighted by Crippen LogP contribution is -3.06. The van der Waals surface area contributed by atoms with Crippen molar-refractivity contribution in [3.05, 3.63) is 76.9 Å². The second kappa shape index (κ2) is 8.62. The molecule has 1 N–H and O–H groups in total. The fourth-order valence-corrected chi connectivity index (χ4v) is 3.60. The van der Waals surface area contributed by atoms with Crippen LogP contribution in [0, 0.1) is 0 Å². The van der Waals surface area contributed by atoms with Gasteiger partial charge in [0.2, 0.25) is 5.78 Å². The summed E-state index contributed by atoms with van der Waals surface area (Å²) in [7, 11) is 3.99. The van der Waals surface area contributed by atoms with Gasteiger partial charge in [0.25, 0.3) is 5.91 Å². The van der Waals surface area contributed by atoms with E-state index in [9.17, 15) is 14.7 Å². The van der Waals surface area contributed by atoms with Crippen LogP contribution >= 0.6 is 0 Å². The van der Waals surface area contributed by atoms with E-state index < -0.39 is 17.7 Å². The molecule has 1 amide bonds. The first-order valence-electron chi connectivity index (χ1n) is 10.0. The molecule has 1 aliphatic rings. The Morgan fingerprint density at radius 1 is 1.03 bits per heavy atom. The lowest BCUT2D eigenvalue weighted by atomic mass is 9.93. The fourth-order valence-electron chi connectivity index (χ4n) is 3.60. The number of hydrogen-bond acceptors (Lipinski definition) is 3. The Kier molecular flexibility index (Phi) is 6.18. The van der Waals surface area contributed by atoms with E-state index >= 15 is 0 Å². The third-order valence-electron chi connectivity index (χ3n) is 5.34. The molecular weight excluding hydrogens is 364 g/mol. The third-order valence-corrected chi connectivity index (χ3v) is 5.34. The maximum atomic E-state index is 13.2. The highest BCUT2D eigenvalue weighted by molar-refractivity contribution is 6.46. The summed E-state index contributed by atoms with van der Waals surface area (Å²) >= 11 is 0. The maximum Gasteiger partial charge on any atom is 0.295 e. The van der Waals surface area contributed by atoms with Gasteiger partial charge in [-0.3, -0.25) is 9.59 Å². The molecule has 152 valence electrons. The average molecular weight is 392 g/mol. The van der Waals surface area contributed by atoms with Crippen molar-refractivity contribution < 1.29 is 19.6 Å². The monoisotopic (exact) mass is 392 g/mol. The summed E-state index contributed by atoms with van der Waals surface area (Å²) < 4.78 is 0. The molecule has 0 radical (unpaired) electrons. The number of carbonyl (C=O) groups excluding carboxylic acids is 2. The molecule has 1 unspecified atom stereocenters. The van der Waals surface area contributed by atoms with E-state index in [1.165, 1.54) is 10.5 Å². The molecule has 0 spiro atoms. The summed E-state index contributed by atoms with van der Waals surface area (Å²) in [4.78, 5) is 28.4. The minimum atomic E-state index is -0.689. The van der Waals surface area contributed by atoms with Gasteiger partial charge in [-0.15, -0.1) is 0 Å². The Morgan fingerprint density at radius 2 is 1.66 bits per heavy atom. The van der Waals surface area contributed by atoms with Crippen molar-refractivity contribution in [2.45, 2.75) is 25.8 Å². The summed E-state index contributed by atoms with van der Waals surface area (Å²) in [6, 6.07) is 15.9. The van der Waals surface area contributed by atoms with Crippen LogP contribution in [-0.4, -0.2) is 43.8 Å². The van der Waals surface area contributed by atoms with E-state index in [1.54, 1.807) is 29.2 Å². The van der Waals surface area contributed by atoms with Crippen molar-refractivity contribution in [2.75, 3.05) is 27.2 Å². The number of likely N-dealkylation sites (tertiary alicyclic amines) is 1. The predicted octanol–water partition coefficient (Wildman–Crippen LogP) is 1.18. The number of nitrogens with zero attached hydrogens (tertiary/aromatic N) is 1. The summed E-state index contributed by atoms with van der Waals surface area (Å²) in [6.45, 7) is 5.32. The molecule has 0 aromatic heterocycles. The molecule has 29 heavy (non-hydrogen) atoms. The first-order valence-corrected chi connectivity index (χ1v) is 10.0. The number of likely N-dealkylation sites (N-methyl/N-ethyl adjacent to an activating group) is 1. The molecule has 3 rings (SSSR count). The first kappa shape index (κ1) is 20.8. The molecule has 0 aliphatic carbocycles. The summed E-state index contributed by atoms with van der Waals surface area (Å²) in [5.41, 5.74) is 2.44. The van der Waals surface area contributed by atoms with Crippen molar-refractivity contribution in [3.63, 3.8) is 0 Å². The quantitative estimate of drug-likeness (QED) is 0.456. The zero-order valence-electron chi connectivity index (χ0n) is 17.4. The van der Waals surface area contributed by atoms with Crippen LogP contribution in [0.2, 0.25) is 0 Å². The number of ketones is 1. The number of nitrogens with one attached hydrogen (secondary N) is 1. The molecule has 5 heteroatoms. The Hall–Kier alpha value is -2.92. The molecular formula is C24H28N2O3. The van der Waals surface area contributed by atoms with Crippen LogP contribution < -0.4 is 10.0 Å². The Bertz CT molecular complexity index is 915. The number of hydrogen-bond donors (Lipinski definition) is 1. The SMILES string of the molecule is CC(C)c1ccc(C2/C(=C(\[O-])c3ccccc3)C(=O)C(=O)N2CC[NH+](C)C)cc1. The average Bonchev–Trinajstić information content (AvgIpc) is 2.97. The van der Waals surface area contributed by atoms with Crippen molar-refractivity contribution in [3.8, 4) is 0 Å². The molecule has 2 aromatic rings. The number of amides is 1. The van der Waals surface area contributed by atoms with Gasteiger partial charge < -0.3 is 14.9 Å². The van der Waals surface area contributed by atoms with E-state index in [-0.39, 0.29) is 11.3 Å². The molecule has 1 aliphatic heterocycles. The number of Topliss-reactive ketones (excluding diaryl/α,β-unsaturated/α-hetero) is 1. The highest BCUT2D eigenvalue weighted by Crippen LogP contribution is 2.38. The van der Waals surface area contributed by atoms with Crippen LogP contribution in [0.15, 0.2) is 60.2 Å². The lowest BCUT2D eigenvalue weighted by Gasteiger charge is -2.28. The number of carbonyl (C=O) groups is 2. The van der Waals surface area contributed by atoms with Gasteiger partial charge in [-0.2, -0.15) is 0 Å². The molecule has 1 heterocycles. The van der Waals surface area contributed by atoms with Gasteiger partial charge in [0, 0.05) is 5.57 Å². The lowest BCUT2D eigenvalue weighted by molar-refractivity contribution is -0.857. The smallest absolute Gasteiger partial charge is 0.295 e. The fraction of sp³-hybridized carbons (Fsp3) is 0.333. The zero-order chi connectivity index (χ0) is 21.1. The Morgan fingerprint density at radius 3 is 2.21 bits per heavy atom. The molecule has 1 fully saturated rings. The third kappa shape index (κ3) is 4.25. The van der Waals surface area contributed by atoms with Crippen molar-refractivity contribution in [1.82, 2.24) is 4.90 Å².